The lowest BCUT2D eigenvalue weighted by molar-refractivity contribution is 0.203. The van der Waals surface area contributed by atoms with Crippen LogP contribution in [0.25, 0.3) is 0 Å². The van der Waals surface area contributed by atoms with Crippen LogP contribution in [0, 0.1) is 12.8 Å². The molecule has 0 amide bonds. The van der Waals surface area contributed by atoms with Crippen LogP contribution in [-0.4, -0.2) is 24.8 Å². The summed E-state index contributed by atoms with van der Waals surface area (Å²) in [6.45, 7) is 4.44. The lowest BCUT2D eigenvalue weighted by atomic mass is 9.97. The number of aliphatic hydroxyl groups is 1. The molecule has 1 fully saturated rings. The standard InChI is InChI=1S/C13H20N2O/c1-10-12(14)3-2-4-13(10)15-7-5-11(9-16)6-8-15/h2-4,11,16H,5-9,14H2,1H3. The number of benzene rings is 1. The first-order valence-corrected chi connectivity index (χ1v) is 5.93. The summed E-state index contributed by atoms with van der Waals surface area (Å²) in [6, 6.07) is 6.08. The number of nitrogens with zero attached hydrogens (tertiary/aromatic N) is 1. The van der Waals surface area contributed by atoms with E-state index in [1.54, 1.807) is 0 Å². The van der Waals surface area contributed by atoms with E-state index in [1.807, 2.05) is 12.1 Å². The highest BCUT2D eigenvalue weighted by Crippen LogP contribution is 2.28. The molecule has 3 N–H and O–H groups in total. The van der Waals surface area contributed by atoms with Crippen LogP contribution in [0.3, 0.4) is 0 Å². The average Bonchev–Trinajstić information content (AvgIpc) is 2.33. The quantitative estimate of drug-likeness (QED) is 0.747. The molecule has 3 nitrogen and oxygen atoms in total. The molecular formula is C13H20N2O. The summed E-state index contributed by atoms with van der Waals surface area (Å²) in [4.78, 5) is 2.37. The Labute approximate surface area is 96.9 Å². The van der Waals surface area contributed by atoms with Crippen LogP contribution >= 0.6 is 0 Å². The van der Waals surface area contributed by atoms with Gasteiger partial charge >= 0.3 is 0 Å². The van der Waals surface area contributed by atoms with Crippen molar-refractivity contribution in [1.82, 2.24) is 0 Å². The van der Waals surface area contributed by atoms with E-state index >= 15 is 0 Å². The molecule has 88 valence electrons. The molecule has 1 aromatic rings. The fourth-order valence-corrected chi connectivity index (χ4v) is 2.34. The van der Waals surface area contributed by atoms with Gasteiger partial charge in [0.1, 0.15) is 0 Å². The molecule has 1 aromatic carbocycles. The van der Waals surface area contributed by atoms with E-state index in [2.05, 4.69) is 17.9 Å². The van der Waals surface area contributed by atoms with Gasteiger partial charge in [-0.05, 0) is 43.4 Å². The zero-order chi connectivity index (χ0) is 11.5. The third-order valence-corrected chi connectivity index (χ3v) is 3.56. The highest BCUT2D eigenvalue weighted by molar-refractivity contribution is 5.64. The molecule has 1 heterocycles. The van der Waals surface area contributed by atoms with Gasteiger partial charge in [-0.2, -0.15) is 0 Å². The second-order valence-corrected chi connectivity index (χ2v) is 4.60. The van der Waals surface area contributed by atoms with Gasteiger partial charge < -0.3 is 15.7 Å². The maximum atomic E-state index is 9.11. The molecule has 0 unspecified atom stereocenters. The lowest BCUT2D eigenvalue weighted by Crippen LogP contribution is -2.35. The normalized spacial score (nSPS) is 17.8. The summed E-state index contributed by atoms with van der Waals surface area (Å²) in [5.41, 5.74) is 9.19. The van der Waals surface area contributed by atoms with Gasteiger partial charge in [0.2, 0.25) is 0 Å². The first kappa shape index (κ1) is 11.3. The lowest BCUT2D eigenvalue weighted by Gasteiger charge is -2.34. The summed E-state index contributed by atoms with van der Waals surface area (Å²) in [6.07, 6.45) is 2.15. The maximum absolute atomic E-state index is 9.11. The van der Waals surface area contributed by atoms with Crippen LogP contribution < -0.4 is 10.6 Å². The second kappa shape index (κ2) is 4.74. The topological polar surface area (TPSA) is 49.5 Å². The van der Waals surface area contributed by atoms with E-state index in [9.17, 15) is 0 Å². The number of rotatable bonds is 2. The Kier molecular flexibility index (Phi) is 3.34. The zero-order valence-electron chi connectivity index (χ0n) is 9.82. The minimum atomic E-state index is 0.323. The molecule has 2 rings (SSSR count). The molecule has 0 aromatic heterocycles. The Morgan fingerprint density at radius 2 is 2.06 bits per heavy atom. The number of piperidine rings is 1. The van der Waals surface area contributed by atoms with Gasteiger partial charge in [0.05, 0.1) is 0 Å². The highest BCUT2D eigenvalue weighted by Gasteiger charge is 2.19. The summed E-state index contributed by atoms with van der Waals surface area (Å²) in [7, 11) is 0. The fourth-order valence-electron chi connectivity index (χ4n) is 2.34. The summed E-state index contributed by atoms with van der Waals surface area (Å²) < 4.78 is 0. The molecule has 1 aliphatic heterocycles. The molecule has 0 spiro atoms. The predicted octanol–water partition coefficient (Wildman–Crippen LogP) is 1.79. The van der Waals surface area contributed by atoms with E-state index < -0.39 is 0 Å². The summed E-state index contributed by atoms with van der Waals surface area (Å²) in [5, 5.41) is 9.11. The number of anilines is 2. The molecule has 0 saturated carbocycles. The molecule has 0 bridgehead atoms. The molecule has 1 saturated heterocycles. The molecule has 0 aliphatic carbocycles. The maximum Gasteiger partial charge on any atom is 0.0460 e. The Hall–Kier alpha value is -1.22. The van der Waals surface area contributed by atoms with Gasteiger partial charge in [0.15, 0.2) is 0 Å². The van der Waals surface area contributed by atoms with Gasteiger partial charge in [0, 0.05) is 31.1 Å². The number of hydrogen-bond donors (Lipinski definition) is 2. The van der Waals surface area contributed by atoms with Crippen molar-refractivity contribution < 1.29 is 5.11 Å². The van der Waals surface area contributed by atoms with E-state index in [-0.39, 0.29) is 0 Å². The van der Waals surface area contributed by atoms with E-state index in [0.717, 1.165) is 31.6 Å². The van der Waals surface area contributed by atoms with Gasteiger partial charge in [-0.25, -0.2) is 0 Å². The molecule has 0 radical (unpaired) electrons. The van der Waals surface area contributed by atoms with Crippen LogP contribution in [0.15, 0.2) is 18.2 Å². The molecule has 16 heavy (non-hydrogen) atoms. The van der Waals surface area contributed by atoms with Crippen molar-refractivity contribution in [1.29, 1.82) is 0 Å². The van der Waals surface area contributed by atoms with Gasteiger partial charge in [-0.15, -0.1) is 0 Å². The van der Waals surface area contributed by atoms with Crippen LogP contribution in [0.4, 0.5) is 11.4 Å². The van der Waals surface area contributed by atoms with E-state index in [0.29, 0.717) is 12.5 Å². The van der Waals surface area contributed by atoms with Crippen LogP contribution in [-0.2, 0) is 0 Å². The Bertz CT molecular complexity index is 357. The molecule has 0 atom stereocenters. The van der Waals surface area contributed by atoms with Crippen molar-refractivity contribution in [2.45, 2.75) is 19.8 Å². The first-order valence-electron chi connectivity index (χ1n) is 5.93. The largest absolute Gasteiger partial charge is 0.398 e. The number of nitrogen functional groups attached to an aromatic ring is 1. The SMILES string of the molecule is Cc1c(N)cccc1N1CCC(CO)CC1. The van der Waals surface area contributed by atoms with Gasteiger partial charge in [0.25, 0.3) is 0 Å². The third-order valence-electron chi connectivity index (χ3n) is 3.56. The Balaban J connectivity index is 2.11. The van der Waals surface area contributed by atoms with Crippen molar-refractivity contribution in [2.24, 2.45) is 5.92 Å². The van der Waals surface area contributed by atoms with Gasteiger partial charge in [-0.3, -0.25) is 0 Å². The second-order valence-electron chi connectivity index (χ2n) is 4.60. The Morgan fingerprint density at radius 3 is 2.69 bits per heavy atom. The highest BCUT2D eigenvalue weighted by atomic mass is 16.3. The fraction of sp³-hybridized carbons (Fsp3) is 0.538. The number of nitrogens with two attached hydrogens (primary N) is 1. The van der Waals surface area contributed by atoms with Crippen molar-refractivity contribution in [3.63, 3.8) is 0 Å². The summed E-state index contributed by atoms with van der Waals surface area (Å²) in [5.74, 6) is 0.484. The molecule has 3 heteroatoms. The van der Waals surface area contributed by atoms with Crippen LogP contribution in [0.5, 0.6) is 0 Å². The van der Waals surface area contributed by atoms with E-state index in [1.165, 1.54) is 11.3 Å². The Morgan fingerprint density at radius 1 is 1.38 bits per heavy atom. The van der Waals surface area contributed by atoms with Crippen molar-refractivity contribution >= 4 is 11.4 Å². The first-order chi connectivity index (χ1) is 7.72. The van der Waals surface area contributed by atoms with Crippen LogP contribution in [0.2, 0.25) is 0 Å². The minimum absolute atomic E-state index is 0.323. The average molecular weight is 220 g/mol. The zero-order valence-corrected chi connectivity index (χ0v) is 9.82. The smallest absolute Gasteiger partial charge is 0.0460 e. The third kappa shape index (κ3) is 2.14. The van der Waals surface area contributed by atoms with E-state index in [4.69, 9.17) is 10.8 Å². The molecule has 1 aliphatic rings. The van der Waals surface area contributed by atoms with Crippen molar-refractivity contribution in [3.05, 3.63) is 23.8 Å². The predicted molar refractivity (Wildman–Crippen MR) is 67.6 cm³/mol. The van der Waals surface area contributed by atoms with Crippen molar-refractivity contribution in [3.8, 4) is 0 Å². The minimum Gasteiger partial charge on any atom is -0.398 e. The summed E-state index contributed by atoms with van der Waals surface area (Å²) >= 11 is 0. The van der Waals surface area contributed by atoms with Gasteiger partial charge in [-0.1, -0.05) is 6.07 Å². The molecular weight excluding hydrogens is 200 g/mol. The van der Waals surface area contributed by atoms with Crippen LogP contribution in [0.1, 0.15) is 18.4 Å². The number of aliphatic hydroxyl groups excluding tert-OH is 1. The monoisotopic (exact) mass is 220 g/mol. The van der Waals surface area contributed by atoms with Crippen molar-refractivity contribution in [2.75, 3.05) is 30.3 Å². The number of hydrogen-bond acceptors (Lipinski definition) is 3.